The van der Waals surface area contributed by atoms with Gasteiger partial charge in [-0.1, -0.05) is 18.2 Å². The minimum atomic E-state index is -0.303. The summed E-state index contributed by atoms with van der Waals surface area (Å²) in [5, 5.41) is 7.18. The highest BCUT2D eigenvalue weighted by molar-refractivity contribution is 5.91. The number of carbonyl (C=O) groups excluding carboxylic acids is 1. The van der Waals surface area contributed by atoms with Crippen LogP contribution in [0.2, 0.25) is 0 Å². The van der Waals surface area contributed by atoms with Crippen molar-refractivity contribution in [3.05, 3.63) is 59.6 Å². The van der Waals surface area contributed by atoms with E-state index in [1.807, 2.05) is 0 Å². The summed E-state index contributed by atoms with van der Waals surface area (Å²) in [5.41, 5.74) is 2.07. The highest BCUT2D eigenvalue weighted by atomic mass is 19.1. The predicted molar refractivity (Wildman–Crippen MR) is 91.2 cm³/mol. The first kappa shape index (κ1) is 16.4. The van der Waals surface area contributed by atoms with E-state index in [1.165, 1.54) is 17.7 Å². The molecule has 6 heteroatoms. The molecule has 0 atom stereocenters. The van der Waals surface area contributed by atoms with Crippen LogP contribution in [0.15, 0.2) is 48.2 Å². The van der Waals surface area contributed by atoms with Gasteiger partial charge in [-0.2, -0.15) is 5.10 Å². The van der Waals surface area contributed by atoms with Crippen LogP contribution in [0.4, 0.5) is 10.2 Å². The Kier molecular flexibility index (Phi) is 5.05. The van der Waals surface area contributed by atoms with Gasteiger partial charge in [-0.15, -0.1) is 0 Å². The quantitative estimate of drug-likeness (QED) is 0.858. The van der Waals surface area contributed by atoms with Gasteiger partial charge in [-0.25, -0.2) is 9.07 Å². The summed E-state index contributed by atoms with van der Waals surface area (Å²) in [4.78, 5) is 14.5. The van der Waals surface area contributed by atoms with E-state index in [4.69, 9.17) is 0 Å². The number of halogens is 1. The van der Waals surface area contributed by atoms with Crippen molar-refractivity contribution in [3.63, 3.8) is 0 Å². The summed E-state index contributed by atoms with van der Waals surface area (Å²) >= 11 is 0. The predicted octanol–water partition coefficient (Wildman–Crippen LogP) is 2.47. The number of nitrogens with zero attached hydrogens (tertiary/aromatic N) is 3. The molecular weight excluding hydrogens is 307 g/mol. The lowest BCUT2D eigenvalue weighted by Gasteiger charge is -2.23. The highest BCUT2D eigenvalue weighted by Crippen LogP contribution is 2.14. The van der Waals surface area contributed by atoms with Crippen LogP contribution >= 0.6 is 0 Å². The van der Waals surface area contributed by atoms with Crippen molar-refractivity contribution in [2.24, 2.45) is 0 Å². The molecule has 1 amide bonds. The molecule has 1 aliphatic heterocycles. The normalized spacial score (nSPS) is 15.2. The number of hydrogen-bond donors (Lipinski definition) is 1. The molecule has 2 aromatic rings. The molecule has 1 aliphatic rings. The number of anilines is 1. The number of amides is 1. The Morgan fingerprint density at radius 3 is 2.83 bits per heavy atom. The third-order valence-corrected chi connectivity index (χ3v) is 4.03. The number of carbonyl (C=O) groups is 1. The zero-order valence-electron chi connectivity index (χ0n) is 13.7. The lowest BCUT2D eigenvalue weighted by Crippen LogP contribution is -2.27. The molecule has 0 aliphatic carbocycles. The van der Waals surface area contributed by atoms with Crippen LogP contribution < -0.4 is 5.32 Å². The summed E-state index contributed by atoms with van der Waals surface area (Å²) in [6, 6.07) is 7.75. The van der Waals surface area contributed by atoms with Crippen LogP contribution in [0, 0.1) is 5.82 Å². The second-order valence-electron chi connectivity index (χ2n) is 6.11. The van der Waals surface area contributed by atoms with Crippen molar-refractivity contribution in [1.29, 1.82) is 0 Å². The van der Waals surface area contributed by atoms with Gasteiger partial charge in [-0.05, 0) is 36.7 Å². The largest absolute Gasteiger partial charge is 0.311 e. The van der Waals surface area contributed by atoms with E-state index in [0.717, 1.165) is 25.1 Å². The van der Waals surface area contributed by atoms with E-state index in [0.29, 0.717) is 12.4 Å². The van der Waals surface area contributed by atoms with Crippen molar-refractivity contribution in [2.75, 3.05) is 25.5 Å². The molecule has 1 aromatic carbocycles. The number of aromatic nitrogens is 2. The summed E-state index contributed by atoms with van der Waals surface area (Å²) in [6.07, 6.45) is 5.17. The molecule has 2 heterocycles. The number of rotatable bonds is 5. The zero-order valence-corrected chi connectivity index (χ0v) is 13.7. The van der Waals surface area contributed by atoms with Crippen LogP contribution in [-0.4, -0.2) is 40.7 Å². The molecule has 1 N–H and O–H groups in total. The number of nitrogens with one attached hydrogen (secondary N) is 1. The third-order valence-electron chi connectivity index (χ3n) is 4.03. The summed E-state index contributed by atoms with van der Waals surface area (Å²) < 4.78 is 14.7. The molecule has 1 aromatic heterocycles. The van der Waals surface area contributed by atoms with Gasteiger partial charge in [0.1, 0.15) is 11.6 Å². The van der Waals surface area contributed by atoms with Crippen molar-refractivity contribution in [3.8, 4) is 0 Å². The lowest BCUT2D eigenvalue weighted by atomic mass is 10.1. The van der Waals surface area contributed by atoms with Gasteiger partial charge in [0.15, 0.2) is 0 Å². The molecule has 126 valence electrons. The first-order chi connectivity index (χ1) is 11.6. The molecule has 0 saturated carbocycles. The first-order valence-electron chi connectivity index (χ1n) is 8.03. The smallest absolute Gasteiger partial charge is 0.229 e. The second kappa shape index (κ2) is 7.40. The summed E-state index contributed by atoms with van der Waals surface area (Å²) in [5.74, 6) is 0.234. The number of benzene rings is 1. The molecular formula is C18H21FN4O. The van der Waals surface area contributed by atoms with Crippen LogP contribution in [-0.2, 0) is 17.8 Å². The minimum Gasteiger partial charge on any atom is -0.311 e. The van der Waals surface area contributed by atoms with E-state index in [1.54, 1.807) is 29.1 Å². The van der Waals surface area contributed by atoms with Gasteiger partial charge in [0, 0.05) is 19.2 Å². The van der Waals surface area contributed by atoms with Gasteiger partial charge in [0.25, 0.3) is 0 Å². The number of likely N-dealkylation sites (N-methyl/N-ethyl adjacent to an activating group) is 1. The van der Waals surface area contributed by atoms with Gasteiger partial charge < -0.3 is 10.2 Å². The summed E-state index contributed by atoms with van der Waals surface area (Å²) in [7, 11) is 2.10. The zero-order chi connectivity index (χ0) is 16.9. The van der Waals surface area contributed by atoms with Crippen molar-refractivity contribution < 1.29 is 9.18 Å². The van der Waals surface area contributed by atoms with E-state index in [-0.39, 0.29) is 18.1 Å². The van der Waals surface area contributed by atoms with E-state index in [2.05, 4.69) is 28.4 Å². The van der Waals surface area contributed by atoms with Gasteiger partial charge in [0.05, 0.1) is 19.2 Å². The van der Waals surface area contributed by atoms with Gasteiger partial charge in [0.2, 0.25) is 5.91 Å². The Hall–Kier alpha value is -2.47. The molecule has 24 heavy (non-hydrogen) atoms. The monoisotopic (exact) mass is 328 g/mol. The Balaban J connectivity index is 1.61. The Bertz CT molecular complexity index is 736. The molecule has 3 rings (SSSR count). The molecule has 5 nitrogen and oxygen atoms in total. The SMILES string of the molecule is CN1CCC=C(Cn2nccc2NC(=O)Cc2ccc(F)cc2)C1. The Morgan fingerprint density at radius 1 is 1.29 bits per heavy atom. The molecule has 0 radical (unpaired) electrons. The van der Waals surface area contributed by atoms with Crippen molar-refractivity contribution in [1.82, 2.24) is 14.7 Å². The van der Waals surface area contributed by atoms with E-state index < -0.39 is 0 Å². The average Bonchev–Trinajstić information content (AvgIpc) is 2.96. The maximum Gasteiger partial charge on any atom is 0.229 e. The maximum atomic E-state index is 12.9. The van der Waals surface area contributed by atoms with Crippen LogP contribution in [0.25, 0.3) is 0 Å². The fourth-order valence-electron chi connectivity index (χ4n) is 2.83. The Morgan fingerprint density at radius 2 is 2.08 bits per heavy atom. The molecule has 0 bridgehead atoms. The molecule has 0 unspecified atom stereocenters. The molecule has 0 spiro atoms. The molecule has 0 saturated heterocycles. The fraction of sp³-hybridized carbons (Fsp3) is 0.333. The second-order valence-corrected chi connectivity index (χ2v) is 6.11. The van der Waals surface area contributed by atoms with E-state index in [9.17, 15) is 9.18 Å². The van der Waals surface area contributed by atoms with E-state index >= 15 is 0 Å². The van der Waals surface area contributed by atoms with Gasteiger partial charge >= 0.3 is 0 Å². The van der Waals surface area contributed by atoms with Crippen LogP contribution in [0.1, 0.15) is 12.0 Å². The van der Waals surface area contributed by atoms with Crippen LogP contribution in [0.3, 0.4) is 0 Å². The van der Waals surface area contributed by atoms with Gasteiger partial charge in [-0.3, -0.25) is 4.79 Å². The van der Waals surface area contributed by atoms with Crippen LogP contribution in [0.5, 0.6) is 0 Å². The highest BCUT2D eigenvalue weighted by Gasteiger charge is 2.13. The fourth-order valence-corrected chi connectivity index (χ4v) is 2.83. The first-order valence-corrected chi connectivity index (χ1v) is 8.03. The summed E-state index contributed by atoms with van der Waals surface area (Å²) in [6.45, 7) is 2.66. The number of hydrogen-bond acceptors (Lipinski definition) is 3. The van der Waals surface area contributed by atoms with Crippen molar-refractivity contribution in [2.45, 2.75) is 19.4 Å². The average molecular weight is 328 g/mol. The third kappa shape index (κ3) is 4.29. The standard InChI is InChI=1S/C18H21FN4O/c1-22-10-2-3-15(12-22)13-23-17(8-9-20-23)21-18(24)11-14-4-6-16(19)7-5-14/h3-9H,2,10-13H2,1H3,(H,21,24). The van der Waals surface area contributed by atoms with Crippen molar-refractivity contribution >= 4 is 11.7 Å². The lowest BCUT2D eigenvalue weighted by molar-refractivity contribution is -0.115. The minimum absolute atomic E-state index is 0.141. The Labute approximate surface area is 140 Å². The maximum absolute atomic E-state index is 12.9. The topological polar surface area (TPSA) is 50.2 Å². The molecule has 0 fully saturated rings.